The lowest BCUT2D eigenvalue weighted by Gasteiger charge is -2.23. The maximum Gasteiger partial charge on any atom is 0.326 e. The van der Waals surface area contributed by atoms with Crippen LogP contribution in [0.4, 0.5) is 0 Å². The molecule has 5 atom stereocenters. The number of ketones is 1. The number of nitrogens with one attached hydrogen (secondary N) is 2. The molecule has 10 N–H and O–H groups in total. The largest absolute Gasteiger partial charge is 0.480 e. The van der Waals surface area contributed by atoms with Gasteiger partial charge in [-0.2, -0.15) is 0 Å². The van der Waals surface area contributed by atoms with Crippen LogP contribution in [0.5, 0.6) is 0 Å². The van der Waals surface area contributed by atoms with Crippen molar-refractivity contribution in [3.8, 4) is 0 Å². The monoisotopic (exact) mass is 516 g/mol. The molecule has 0 aliphatic carbocycles. The third kappa shape index (κ3) is 13.1. The number of hydrogen-bond acceptors (Lipinski definition) is 8. The molecule has 0 aliphatic heterocycles. The van der Waals surface area contributed by atoms with E-state index < -0.39 is 78.4 Å². The number of carbonyl (C=O) groups excluding carboxylic acids is 4. The predicted octanol–water partition coefficient (Wildman–Crippen LogP) is -0.609. The van der Waals surface area contributed by atoms with Crippen LogP contribution in [0.3, 0.4) is 0 Å². The molecule has 0 aromatic rings. The zero-order chi connectivity index (χ0) is 28.7. The van der Waals surface area contributed by atoms with E-state index in [9.17, 15) is 33.9 Å². The van der Waals surface area contributed by atoms with Crippen LogP contribution < -0.4 is 27.8 Å². The first-order valence-corrected chi connectivity index (χ1v) is 12.1. The molecule has 0 heterocycles. The minimum Gasteiger partial charge on any atom is -0.480 e. The van der Waals surface area contributed by atoms with Crippen molar-refractivity contribution in [2.75, 3.05) is 0 Å². The van der Waals surface area contributed by atoms with E-state index in [0.29, 0.717) is 6.42 Å². The number of Topliss-reactive ketones (excluding diaryl/α,β-unsaturated/α-hetero) is 1. The van der Waals surface area contributed by atoms with Crippen molar-refractivity contribution in [2.45, 2.75) is 102 Å². The van der Waals surface area contributed by atoms with E-state index >= 15 is 0 Å². The number of carbonyl (C=O) groups is 6. The Hall–Kier alpha value is -3.06. The van der Waals surface area contributed by atoms with E-state index in [2.05, 4.69) is 12.2 Å². The molecule has 0 saturated heterocycles. The number of primary amides is 1. The van der Waals surface area contributed by atoms with Crippen LogP contribution in [0, 0.1) is 5.92 Å². The van der Waals surface area contributed by atoms with E-state index in [-0.39, 0.29) is 24.6 Å². The summed E-state index contributed by atoms with van der Waals surface area (Å²) in [5.41, 5.74) is 16.3. The summed E-state index contributed by atoms with van der Waals surface area (Å²) in [7, 11) is 0. The Kier molecular flexibility index (Phi) is 15.0. The fraction of sp³-hybridized carbons (Fsp3) is 0.739. The van der Waals surface area contributed by atoms with Gasteiger partial charge in [0.25, 0.3) is 0 Å². The van der Waals surface area contributed by atoms with Gasteiger partial charge in [0.2, 0.25) is 17.7 Å². The maximum absolute atomic E-state index is 12.7. The summed E-state index contributed by atoms with van der Waals surface area (Å²) < 4.78 is 8.00. The van der Waals surface area contributed by atoms with Gasteiger partial charge in [0.15, 0.2) is 1.41 Å². The molecule has 0 rings (SSSR count). The highest BCUT2D eigenvalue weighted by atomic mass is 16.4. The number of hydrogen-bond donors (Lipinski definition) is 7. The molecule has 0 bridgehead atoms. The van der Waals surface area contributed by atoms with Crippen LogP contribution in [0.2, 0.25) is 1.41 Å². The van der Waals surface area contributed by atoms with E-state index in [1.54, 1.807) is 0 Å². The van der Waals surface area contributed by atoms with Gasteiger partial charge in [-0.1, -0.05) is 32.6 Å². The number of rotatable bonds is 20. The molecule has 0 aromatic heterocycles. The summed E-state index contributed by atoms with van der Waals surface area (Å²) >= 11 is 0. The topological polar surface area (TPSA) is 245 Å². The Labute approximate surface area is 212 Å². The average molecular weight is 517 g/mol. The summed E-state index contributed by atoms with van der Waals surface area (Å²) in [4.78, 5) is 71.6. The molecule has 13 nitrogen and oxygen atoms in total. The van der Waals surface area contributed by atoms with E-state index in [1.807, 2.05) is 0 Å². The third-order valence-electron chi connectivity index (χ3n) is 5.77. The van der Waals surface area contributed by atoms with Gasteiger partial charge in [-0.25, -0.2) is 4.79 Å². The summed E-state index contributed by atoms with van der Waals surface area (Å²) in [5.74, 6) is -7.14. The summed E-state index contributed by atoms with van der Waals surface area (Å²) in [6.07, 6.45) is 3.50. The van der Waals surface area contributed by atoms with Crippen molar-refractivity contribution in [3.05, 3.63) is 0 Å². The second-order valence-electron chi connectivity index (χ2n) is 8.84. The molecule has 3 amide bonds. The molecule has 13 heteroatoms. The number of carboxylic acid groups (broad SMARTS) is 2. The number of nitrogens with two attached hydrogens (primary N) is 3. The van der Waals surface area contributed by atoms with Crippen molar-refractivity contribution in [3.63, 3.8) is 0 Å². The molecule has 3 unspecified atom stereocenters. The van der Waals surface area contributed by atoms with Crippen LogP contribution in [-0.4, -0.2) is 69.8 Å². The normalized spacial score (nSPS) is 15.5. The summed E-state index contributed by atoms with van der Waals surface area (Å²) in [6, 6.07) is -5.65. The minimum atomic E-state index is -1.73. The number of aliphatic carboxylic acids is 2. The summed E-state index contributed by atoms with van der Waals surface area (Å²) in [5, 5.41) is 21.1. The van der Waals surface area contributed by atoms with Crippen LogP contribution in [0.1, 0.15) is 78.1 Å². The second kappa shape index (κ2) is 17.4. The molecule has 0 spiro atoms. The van der Waals surface area contributed by atoms with Crippen LogP contribution in [0.25, 0.3) is 0 Å². The van der Waals surface area contributed by atoms with Gasteiger partial charge in [-0.15, -0.1) is 0 Å². The highest BCUT2D eigenvalue weighted by Gasteiger charge is 2.32. The summed E-state index contributed by atoms with van der Waals surface area (Å²) in [6.45, 7) is 3.40. The molecule has 0 fully saturated rings. The zero-order valence-electron chi connectivity index (χ0n) is 22.0. The predicted molar refractivity (Wildman–Crippen MR) is 130 cm³/mol. The van der Waals surface area contributed by atoms with E-state index in [1.165, 1.54) is 6.92 Å². The standard InChI is InChI=1S/C23H41N5O8/c1-3-4-5-6-7-8-18(30)27-13(2)21(32)28-16(23(35)36)11-12-17(29)14(19(25)20(26)31)9-10-15(24)22(33)34/h13-16,19H,3-12,24-25H2,1-2H3,(H2,26,31)(H,27,30)(H,28,32)(H,33,34)(H,35,36)/t13-,14?,15?,16+,19?/m0/s1/i/hD. The number of unbranched alkanes of at least 4 members (excludes halogenated alkanes) is 4. The molecule has 36 heavy (non-hydrogen) atoms. The molecule has 0 aromatic carbocycles. The van der Waals surface area contributed by atoms with Crippen LogP contribution in [-0.2, 0) is 28.8 Å². The average Bonchev–Trinajstić information content (AvgIpc) is 2.82. The Bertz CT molecular complexity index is 812. The fourth-order valence-corrected chi connectivity index (χ4v) is 3.46. The Morgan fingerprint density at radius 3 is 2.03 bits per heavy atom. The third-order valence-corrected chi connectivity index (χ3v) is 5.77. The molecule has 206 valence electrons. The lowest BCUT2D eigenvalue weighted by molar-refractivity contribution is -0.143. The Morgan fingerprint density at radius 1 is 0.889 bits per heavy atom. The molecular weight excluding hydrogens is 474 g/mol. The SMILES string of the molecule is [2H]N(C(=O)[C@H](C)NC(=O)CCCCCCC)[C@H](CCC(=O)C(CCC(N)C(=O)O)C(N)C(N)=O)C(=O)O. The van der Waals surface area contributed by atoms with Gasteiger partial charge in [-0.3, -0.25) is 24.0 Å². The van der Waals surface area contributed by atoms with E-state index in [4.69, 9.17) is 23.7 Å². The number of carboxylic acids is 2. The van der Waals surface area contributed by atoms with Crippen LogP contribution in [0.15, 0.2) is 0 Å². The van der Waals surface area contributed by atoms with Crippen molar-refractivity contribution in [1.29, 1.82) is 0 Å². The maximum atomic E-state index is 12.7. The van der Waals surface area contributed by atoms with Gasteiger partial charge in [0.05, 0.1) is 6.04 Å². The van der Waals surface area contributed by atoms with Gasteiger partial charge < -0.3 is 38.0 Å². The van der Waals surface area contributed by atoms with Crippen molar-refractivity contribution >= 4 is 35.4 Å². The van der Waals surface area contributed by atoms with Gasteiger partial charge in [-0.05, 0) is 32.6 Å². The fourth-order valence-electron chi connectivity index (χ4n) is 3.46. The Morgan fingerprint density at radius 2 is 1.50 bits per heavy atom. The molecule has 0 aliphatic rings. The van der Waals surface area contributed by atoms with Crippen molar-refractivity contribution in [2.24, 2.45) is 23.1 Å². The van der Waals surface area contributed by atoms with Crippen LogP contribution >= 0.6 is 0 Å². The first-order valence-electron chi connectivity index (χ1n) is 12.6. The quantitative estimate of drug-likeness (QED) is 0.101. The first kappa shape index (κ1) is 31.0. The molecule has 0 saturated carbocycles. The van der Waals surface area contributed by atoms with Gasteiger partial charge >= 0.3 is 11.9 Å². The van der Waals surface area contributed by atoms with E-state index in [0.717, 1.165) is 25.7 Å². The number of amides is 3. The van der Waals surface area contributed by atoms with Gasteiger partial charge in [0.1, 0.15) is 23.9 Å². The highest BCUT2D eigenvalue weighted by molar-refractivity contribution is 5.92. The second-order valence-corrected chi connectivity index (χ2v) is 8.84. The van der Waals surface area contributed by atoms with Crippen molar-refractivity contribution in [1.82, 2.24) is 10.6 Å². The molecule has 0 radical (unpaired) electrons. The first-order chi connectivity index (χ1) is 17.2. The Balaban J connectivity index is 5.13. The van der Waals surface area contributed by atoms with Crippen molar-refractivity contribution < 1.29 is 40.4 Å². The van der Waals surface area contributed by atoms with Gasteiger partial charge in [0, 0.05) is 18.8 Å². The lowest BCUT2D eigenvalue weighted by Crippen LogP contribution is -2.50. The lowest BCUT2D eigenvalue weighted by atomic mass is 9.86. The highest BCUT2D eigenvalue weighted by Crippen LogP contribution is 2.17. The minimum absolute atomic E-state index is 0.181. The molecular formula is C23H41N5O8. The smallest absolute Gasteiger partial charge is 0.326 e. The zero-order valence-corrected chi connectivity index (χ0v) is 21.0.